The van der Waals surface area contributed by atoms with Crippen LogP contribution < -0.4 is 0 Å². The number of cyclic esters (lactones) is 1. The lowest BCUT2D eigenvalue weighted by molar-refractivity contribution is -0.157. The van der Waals surface area contributed by atoms with Gasteiger partial charge in [0, 0.05) is 23.1 Å². The zero-order valence-corrected chi connectivity index (χ0v) is 36.2. The summed E-state index contributed by atoms with van der Waals surface area (Å²) in [6, 6.07) is 0. The van der Waals surface area contributed by atoms with Crippen molar-refractivity contribution in [2.24, 2.45) is 23.2 Å². The molecular weight excluding hydrogens is 651 g/mol. The van der Waals surface area contributed by atoms with E-state index in [9.17, 15) is 9.59 Å². The number of nitrogens with zero attached hydrogens (tertiary/aromatic N) is 1. The Hall–Kier alpha value is -1.14. The summed E-state index contributed by atoms with van der Waals surface area (Å²) in [5, 5.41) is 3.00. The number of hydrogen-bond acceptors (Lipinski definition) is 7. The first kappa shape index (κ1) is 41.3. The smallest absolute Gasteiger partial charge is 0.306 e. The maximum atomic E-state index is 14.0. The molecule has 48 heavy (non-hydrogen) atoms. The summed E-state index contributed by atoms with van der Waals surface area (Å²) in [6.07, 6.45) is 6.54. The van der Waals surface area contributed by atoms with Gasteiger partial charge in [0.25, 0.3) is 0 Å². The number of hydrogen-bond donors (Lipinski definition) is 0. The Morgan fingerprint density at radius 1 is 1.02 bits per heavy atom. The molecule has 1 aliphatic carbocycles. The normalized spacial score (nSPS) is 30.5. The molecule has 1 aromatic rings. The standard InChI is InChI=1S/C39H69NO5SSi2/c1-26-18-17-19-30-24-39(30,45-48(15,16)37(8,9)10)35(44-47(13,14)36(5,6)7)33(27(2)23-31-25-46-29(4)40-31)43-32(41)20-21-38(11,12)34(42)28(3)22-26/h23,25-26,28,30,33,35H,17-22,24H2,1-16H3. The number of Topliss-reactive ketones (excluding diaryl/α,β-unsaturated/α-hetero) is 1. The van der Waals surface area contributed by atoms with E-state index in [2.05, 4.69) is 100.0 Å². The lowest BCUT2D eigenvalue weighted by Gasteiger charge is -2.48. The largest absolute Gasteiger partial charge is 0.455 e. The molecule has 6 atom stereocenters. The third kappa shape index (κ3) is 9.80. The van der Waals surface area contributed by atoms with E-state index in [0.717, 1.165) is 48.4 Å². The van der Waals surface area contributed by atoms with E-state index in [0.29, 0.717) is 18.3 Å². The van der Waals surface area contributed by atoms with Crippen LogP contribution in [0.3, 0.4) is 0 Å². The fraction of sp³-hybridized carbons (Fsp3) is 0.821. The molecule has 0 amide bonds. The number of carbonyl (C=O) groups is 2. The van der Waals surface area contributed by atoms with Gasteiger partial charge in [0.1, 0.15) is 11.9 Å². The van der Waals surface area contributed by atoms with Gasteiger partial charge in [-0.1, -0.05) is 82.1 Å². The topological polar surface area (TPSA) is 74.7 Å². The van der Waals surface area contributed by atoms with Crippen LogP contribution in [0.1, 0.15) is 132 Å². The monoisotopic (exact) mass is 719 g/mol. The van der Waals surface area contributed by atoms with Gasteiger partial charge in [0.15, 0.2) is 22.7 Å². The highest BCUT2D eigenvalue weighted by Crippen LogP contribution is 2.59. The van der Waals surface area contributed by atoms with Gasteiger partial charge in [-0.25, -0.2) is 4.98 Å². The maximum Gasteiger partial charge on any atom is 0.306 e. The number of thiazole rings is 1. The van der Waals surface area contributed by atoms with Crippen molar-refractivity contribution in [1.29, 1.82) is 0 Å². The van der Waals surface area contributed by atoms with Crippen molar-refractivity contribution >= 4 is 45.8 Å². The number of fused-ring (bicyclic) bond motifs is 1. The van der Waals surface area contributed by atoms with Crippen LogP contribution in [0.4, 0.5) is 0 Å². The third-order valence-electron chi connectivity index (χ3n) is 12.1. The Kier molecular flexibility index (Phi) is 12.8. The van der Waals surface area contributed by atoms with Gasteiger partial charge in [0.05, 0.1) is 16.3 Å². The number of rotatable bonds is 6. The van der Waals surface area contributed by atoms with Gasteiger partial charge in [-0.2, -0.15) is 0 Å². The van der Waals surface area contributed by atoms with Gasteiger partial charge in [-0.15, -0.1) is 11.3 Å². The molecule has 3 rings (SSSR count). The summed E-state index contributed by atoms with van der Waals surface area (Å²) >= 11 is 1.61. The Labute approximate surface area is 299 Å². The van der Waals surface area contributed by atoms with Crippen LogP contribution in [0.25, 0.3) is 6.08 Å². The number of ether oxygens (including phenoxy) is 1. The van der Waals surface area contributed by atoms with E-state index < -0.39 is 39.9 Å². The second-order valence-corrected chi connectivity index (χ2v) is 29.6. The quantitative estimate of drug-likeness (QED) is 0.215. The zero-order chi connectivity index (χ0) is 36.7. The molecule has 0 aromatic carbocycles. The Morgan fingerprint density at radius 3 is 2.17 bits per heavy atom. The average molecular weight is 720 g/mol. The molecule has 0 N–H and O–H groups in total. The molecule has 0 radical (unpaired) electrons. The Morgan fingerprint density at radius 2 is 1.62 bits per heavy atom. The summed E-state index contributed by atoms with van der Waals surface area (Å²) in [6.45, 7) is 35.3. The lowest BCUT2D eigenvalue weighted by Crippen LogP contribution is -2.58. The molecule has 2 aliphatic rings. The lowest BCUT2D eigenvalue weighted by atomic mass is 9.75. The highest BCUT2D eigenvalue weighted by molar-refractivity contribution is 7.09. The van der Waals surface area contributed by atoms with Gasteiger partial charge in [0.2, 0.25) is 0 Å². The van der Waals surface area contributed by atoms with Crippen molar-refractivity contribution in [3.8, 4) is 0 Å². The minimum Gasteiger partial charge on any atom is -0.455 e. The van der Waals surface area contributed by atoms with Crippen molar-refractivity contribution in [1.82, 2.24) is 4.98 Å². The number of carbonyl (C=O) groups excluding carboxylic acids is 2. The minimum absolute atomic E-state index is 0.00359. The second-order valence-electron chi connectivity index (χ2n) is 19.0. The molecule has 1 aromatic heterocycles. The highest BCUT2D eigenvalue weighted by atomic mass is 32.1. The van der Waals surface area contributed by atoms with Gasteiger partial charge < -0.3 is 13.6 Å². The molecule has 2 fully saturated rings. The fourth-order valence-corrected chi connectivity index (χ4v) is 10.4. The third-order valence-corrected chi connectivity index (χ3v) is 21.9. The average Bonchev–Trinajstić information content (AvgIpc) is 3.45. The van der Waals surface area contributed by atoms with Crippen molar-refractivity contribution < 1.29 is 23.2 Å². The van der Waals surface area contributed by atoms with Crippen molar-refractivity contribution in [2.75, 3.05) is 0 Å². The van der Waals surface area contributed by atoms with Gasteiger partial charge >= 0.3 is 5.97 Å². The molecule has 1 saturated heterocycles. The molecule has 6 unspecified atom stereocenters. The van der Waals surface area contributed by atoms with Crippen LogP contribution in [0.15, 0.2) is 11.0 Å². The maximum absolute atomic E-state index is 14.0. The summed E-state index contributed by atoms with van der Waals surface area (Å²) in [5.41, 5.74) is 0.615. The fourth-order valence-electron chi connectivity index (χ4n) is 6.85. The van der Waals surface area contributed by atoms with Crippen molar-refractivity contribution in [3.63, 3.8) is 0 Å². The first-order valence-corrected chi connectivity index (χ1v) is 25.1. The molecule has 0 bridgehead atoms. The van der Waals surface area contributed by atoms with Gasteiger partial charge in [-0.3, -0.25) is 9.59 Å². The van der Waals surface area contributed by atoms with E-state index in [1.807, 2.05) is 20.8 Å². The van der Waals surface area contributed by atoms with Gasteiger partial charge in [-0.05, 0) is 99.3 Å². The first-order chi connectivity index (χ1) is 21.7. The number of esters is 1. The second kappa shape index (κ2) is 14.8. The minimum atomic E-state index is -2.39. The summed E-state index contributed by atoms with van der Waals surface area (Å²) in [7, 11) is -4.67. The molecule has 274 valence electrons. The predicted octanol–water partition coefficient (Wildman–Crippen LogP) is 11.2. The summed E-state index contributed by atoms with van der Waals surface area (Å²) in [4.78, 5) is 32.3. The number of ketones is 1. The van der Waals surface area contributed by atoms with Crippen LogP contribution in [-0.4, -0.2) is 51.2 Å². The van der Waals surface area contributed by atoms with Crippen LogP contribution in [-0.2, 0) is 23.2 Å². The molecule has 1 saturated carbocycles. The molecule has 1 aliphatic heterocycles. The zero-order valence-electron chi connectivity index (χ0n) is 33.4. The summed E-state index contributed by atoms with van der Waals surface area (Å²) in [5.74, 6) is 0.659. The molecule has 2 heterocycles. The van der Waals surface area contributed by atoms with Crippen LogP contribution in [0.5, 0.6) is 0 Å². The van der Waals surface area contributed by atoms with Crippen molar-refractivity contribution in [3.05, 3.63) is 21.7 Å². The number of aromatic nitrogens is 1. The molecular formula is C39H69NO5SSi2. The Balaban J connectivity index is 2.24. The van der Waals surface area contributed by atoms with E-state index in [1.165, 1.54) is 0 Å². The summed E-state index contributed by atoms with van der Waals surface area (Å²) < 4.78 is 21.8. The van der Waals surface area contributed by atoms with E-state index in [-0.39, 0.29) is 34.2 Å². The van der Waals surface area contributed by atoms with Crippen molar-refractivity contribution in [2.45, 2.75) is 182 Å². The predicted molar refractivity (Wildman–Crippen MR) is 206 cm³/mol. The highest BCUT2D eigenvalue weighted by Gasteiger charge is 2.67. The van der Waals surface area contributed by atoms with E-state index in [4.69, 9.17) is 18.6 Å². The molecule has 9 heteroatoms. The molecule has 6 nitrogen and oxygen atoms in total. The molecule has 0 spiro atoms. The SMILES string of the molecule is CC(=Cc1csc(C)n1)C1OC(=O)CCC(C)(C)C(=O)C(C)CC(C)CCCC2CC2(O[Si](C)(C)C(C)(C)C)C1O[Si](C)(C)C(C)(C)C. The van der Waals surface area contributed by atoms with E-state index >= 15 is 0 Å². The van der Waals surface area contributed by atoms with Crippen LogP contribution in [0.2, 0.25) is 36.3 Å². The Bertz CT molecular complexity index is 1320. The first-order valence-electron chi connectivity index (χ1n) is 18.4. The van der Waals surface area contributed by atoms with E-state index in [1.54, 1.807) is 11.3 Å². The van der Waals surface area contributed by atoms with Crippen LogP contribution in [0, 0.1) is 30.1 Å². The van der Waals surface area contributed by atoms with Crippen LogP contribution >= 0.6 is 11.3 Å². The number of aryl methyl sites for hydroxylation is 1.